The molecule has 1 aliphatic rings. The van der Waals surface area contributed by atoms with Crippen LogP contribution in [0.2, 0.25) is 0 Å². The number of nitrogens with zero attached hydrogens (tertiary/aromatic N) is 1. The van der Waals surface area contributed by atoms with Crippen molar-refractivity contribution < 1.29 is 13.2 Å². The zero-order chi connectivity index (χ0) is 16.7. The highest BCUT2D eigenvalue weighted by Crippen LogP contribution is 2.32. The Morgan fingerprint density at radius 1 is 1.12 bits per heavy atom. The number of rotatable bonds is 7. The number of alkyl halides is 3. The summed E-state index contributed by atoms with van der Waals surface area (Å²) < 4.78 is 38.2. The summed E-state index contributed by atoms with van der Waals surface area (Å²) in [4.78, 5) is 2.38. The molecule has 1 aliphatic heterocycles. The van der Waals surface area contributed by atoms with Crippen LogP contribution in [-0.2, 0) is 6.18 Å². The molecule has 1 atom stereocenters. The van der Waals surface area contributed by atoms with Crippen LogP contribution >= 0.6 is 12.4 Å². The molecule has 0 aromatic heterocycles. The third kappa shape index (κ3) is 6.11. The number of nitrogens with one attached hydrogen (secondary N) is 1. The summed E-state index contributed by atoms with van der Waals surface area (Å²) >= 11 is 0. The van der Waals surface area contributed by atoms with E-state index < -0.39 is 11.7 Å². The van der Waals surface area contributed by atoms with Crippen molar-refractivity contribution in [1.29, 1.82) is 0 Å². The fourth-order valence-corrected chi connectivity index (χ4v) is 3.07. The number of piperazine rings is 1. The first-order valence-electron chi connectivity index (χ1n) is 8.25. The Kier molecular flexibility index (Phi) is 8.81. The van der Waals surface area contributed by atoms with Gasteiger partial charge in [-0.15, -0.1) is 19.0 Å². The van der Waals surface area contributed by atoms with Crippen molar-refractivity contribution in [2.24, 2.45) is 0 Å². The fraction of sp³-hybridized carbons (Fsp3) is 0.556. The maximum absolute atomic E-state index is 12.7. The Bertz CT molecular complexity index is 482. The molecule has 0 saturated carbocycles. The second-order valence-electron chi connectivity index (χ2n) is 5.99. The molecule has 1 fully saturated rings. The van der Waals surface area contributed by atoms with Crippen molar-refractivity contribution in [3.8, 4) is 0 Å². The summed E-state index contributed by atoms with van der Waals surface area (Å²) in [6.07, 6.45) is 1.74. The first-order valence-corrected chi connectivity index (χ1v) is 8.25. The highest BCUT2D eigenvalue weighted by molar-refractivity contribution is 5.85. The molecular weight excluding hydrogens is 337 g/mol. The zero-order valence-electron chi connectivity index (χ0n) is 13.8. The molecule has 0 amide bonds. The van der Waals surface area contributed by atoms with Gasteiger partial charge in [-0.05, 0) is 37.0 Å². The lowest BCUT2D eigenvalue weighted by molar-refractivity contribution is -0.137. The van der Waals surface area contributed by atoms with E-state index >= 15 is 0 Å². The van der Waals surface area contributed by atoms with Crippen LogP contribution in [0.1, 0.15) is 42.9 Å². The summed E-state index contributed by atoms with van der Waals surface area (Å²) in [6.45, 7) is 7.48. The molecule has 136 valence electrons. The maximum atomic E-state index is 12.7. The summed E-state index contributed by atoms with van der Waals surface area (Å²) in [7, 11) is 0. The van der Waals surface area contributed by atoms with Gasteiger partial charge in [0.1, 0.15) is 0 Å². The molecule has 2 rings (SSSR count). The number of halogens is 4. The Labute approximate surface area is 148 Å². The van der Waals surface area contributed by atoms with Crippen LogP contribution in [0.15, 0.2) is 36.9 Å². The van der Waals surface area contributed by atoms with Crippen LogP contribution < -0.4 is 5.32 Å². The Hall–Kier alpha value is -1.04. The minimum atomic E-state index is -4.27. The average molecular weight is 363 g/mol. The van der Waals surface area contributed by atoms with Crippen molar-refractivity contribution in [1.82, 2.24) is 10.2 Å². The van der Waals surface area contributed by atoms with Crippen molar-refractivity contribution in [2.75, 3.05) is 26.2 Å². The van der Waals surface area contributed by atoms with Gasteiger partial charge in [-0.3, -0.25) is 4.90 Å². The molecule has 1 saturated heterocycles. The largest absolute Gasteiger partial charge is 0.416 e. The second-order valence-corrected chi connectivity index (χ2v) is 5.99. The van der Waals surface area contributed by atoms with E-state index in [0.29, 0.717) is 0 Å². The van der Waals surface area contributed by atoms with Crippen LogP contribution in [-0.4, -0.2) is 31.1 Å². The van der Waals surface area contributed by atoms with E-state index in [9.17, 15) is 13.2 Å². The zero-order valence-corrected chi connectivity index (χ0v) is 14.6. The van der Waals surface area contributed by atoms with Crippen molar-refractivity contribution in [2.45, 2.75) is 37.9 Å². The SMILES string of the molecule is C=CCCCC[C@H](c1ccc(C(F)(F)F)cc1)N1CCNCC1.Cl. The van der Waals surface area contributed by atoms with E-state index in [0.717, 1.165) is 57.4 Å². The van der Waals surface area contributed by atoms with Gasteiger partial charge in [-0.2, -0.15) is 13.2 Å². The highest BCUT2D eigenvalue weighted by Gasteiger charge is 2.30. The predicted octanol–water partition coefficient (Wildman–Crippen LogP) is 4.82. The minimum absolute atomic E-state index is 0. The quantitative estimate of drug-likeness (QED) is 0.552. The van der Waals surface area contributed by atoms with Gasteiger partial charge in [0.2, 0.25) is 0 Å². The smallest absolute Gasteiger partial charge is 0.314 e. The van der Waals surface area contributed by atoms with Crippen molar-refractivity contribution >= 4 is 12.4 Å². The molecule has 1 aromatic carbocycles. The predicted molar refractivity (Wildman–Crippen MR) is 94.5 cm³/mol. The van der Waals surface area contributed by atoms with Gasteiger partial charge in [-0.25, -0.2) is 0 Å². The molecular formula is C18H26ClF3N2. The fourth-order valence-electron chi connectivity index (χ4n) is 3.07. The number of unbranched alkanes of at least 4 members (excludes halogenated alkanes) is 2. The van der Waals surface area contributed by atoms with Crippen molar-refractivity contribution in [3.05, 3.63) is 48.0 Å². The maximum Gasteiger partial charge on any atom is 0.416 e. The van der Waals surface area contributed by atoms with Crippen LogP contribution in [0, 0.1) is 0 Å². The lowest BCUT2D eigenvalue weighted by Crippen LogP contribution is -2.45. The van der Waals surface area contributed by atoms with Crippen molar-refractivity contribution in [3.63, 3.8) is 0 Å². The molecule has 0 spiro atoms. The van der Waals surface area contributed by atoms with Crippen LogP contribution in [0.3, 0.4) is 0 Å². The first kappa shape index (κ1) is 21.0. The van der Waals surface area contributed by atoms with Crippen LogP contribution in [0.25, 0.3) is 0 Å². The minimum Gasteiger partial charge on any atom is -0.314 e. The van der Waals surface area contributed by atoms with E-state index in [4.69, 9.17) is 0 Å². The van der Waals surface area contributed by atoms with Gasteiger partial charge >= 0.3 is 6.18 Å². The van der Waals surface area contributed by atoms with Crippen LogP contribution in [0.5, 0.6) is 0 Å². The van der Waals surface area contributed by atoms with E-state index in [2.05, 4.69) is 16.8 Å². The lowest BCUT2D eigenvalue weighted by Gasteiger charge is -2.35. The molecule has 24 heavy (non-hydrogen) atoms. The molecule has 0 aliphatic carbocycles. The topological polar surface area (TPSA) is 15.3 Å². The molecule has 6 heteroatoms. The summed E-state index contributed by atoms with van der Waals surface area (Å²) in [5.41, 5.74) is 0.408. The van der Waals surface area contributed by atoms with Gasteiger partial charge in [0.05, 0.1) is 5.56 Å². The van der Waals surface area contributed by atoms with Gasteiger partial charge in [0.25, 0.3) is 0 Å². The number of hydrogen-bond acceptors (Lipinski definition) is 2. The lowest BCUT2D eigenvalue weighted by atomic mass is 9.97. The van der Waals surface area contributed by atoms with E-state index in [1.165, 1.54) is 12.1 Å². The number of benzene rings is 1. The normalized spacial score (nSPS) is 17.1. The summed E-state index contributed by atoms with van der Waals surface area (Å²) in [6, 6.07) is 5.89. The first-order chi connectivity index (χ1) is 11.0. The summed E-state index contributed by atoms with van der Waals surface area (Å²) in [5, 5.41) is 3.32. The van der Waals surface area contributed by atoms with Crippen LogP contribution in [0.4, 0.5) is 13.2 Å². The third-order valence-corrected chi connectivity index (χ3v) is 4.35. The Balaban J connectivity index is 0.00000288. The molecule has 0 radical (unpaired) electrons. The molecule has 0 bridgehead atoms. The second kappa shape index (κ2) is 10.1. The third-order valence-electron chi connectivity index (χ3n) is 4.35. The molecule has 1 heterocycles. The molecule has 1 aromatic rings. The summed E-state index contributed by atoms with van der Waals surface area (Å²) in [5.74, 6) is 0. The number of allylic oxidation sites excluding steroid dienone is 1. The van der Waals surface area contributed by atoms with E-state index in [1.807, 2.05) is 6.08 Å². The molecule has 0 unspecified atom stereocenters. The molecule has 2 nitrogen and oxygen atoms in total. The number of hydrogen-bond donors (Lipinski definition) is 1. The monoisotopic (exact) mass is 362 g/mol. The van der Waals surface area contributed by atoms with E-state index in [-0.39, 0.29) is 18.4 Å². The van der Waals surface area contributed by atoms with Gasteiger partial charge in [0, 0.05) is 32.2 Å². The molecule has 1 N–H and O–H groups in total. The Morgan fingerprint density at radius 3 is 2.29 bits per heavy atom. The average Bonchev–Trinajstić information content (AvgIpc) is 2.55. The van der Waals surface area contributed by atoms with E-state index in [1.54, 1.807) is 12.1 Å². The highest BCUT2D eigenvalue weighted by atomic mass is 35.5. The van der Waals surface area contributed by atoms with Gasteiger partial charge in [-0.1, -0.05) is 24.6 Å². The Morgan fingerprint density at radius 2 is 1.75 bits per heavy atom. The standard InChI is InChI=1S/C18H25F3N2.ClH/c1-2-3-4-5-6-17(23-13-11-22-12-14-23)15-7-9-16(10-8-15)18(19,20)21;/h2,7-10,17,22H,1,3-6,11-14H2;1H/t17-;/m1./s1. The van der Waals surface area contributed by atoms with Gasteiger partial charge in [0.15, 0.2) is 0 Å². The van der Waals surface area contributed by atoms with Gasteiger partial charge < -0.3 is 5.32 Å².